The Labute approximate surface area is 84.2 Å². The van der Waals surface area contributed by atoms with Crippen LogP contribution < -0.4 is 0 Å². The van der Waals surface area contributed by atoms with Gasteiger partial charge in [-0.15, -0.1) is 0 Å². The Morgan fingerprint density at radius 3 is 2.86 bits per heavy atom. The topological polar surface area (TPSA) is 63.6 Å². The van der Waals surface area contributed by atoms with Crippen LogP contribution in [0.3, 0.4) is 0 Å². The molecule has 0 aliphatic heterocycles. The lowest BCUT2D eigenvalue weighted by atomic mass is 10.2. The first-order valence-corrected chi connectivity index (χ1v) is 5.14. The van der Waals surface area contributed by atoms with Gasteiger partial charge in [0, 0.05) is 0 Å². The summed E-state index contributed by atoms with van der Waals surface area (Å²) in [5.41, 5.74) is 0.284. The Morgan fingerprint density at radius 1 is 1.57 bits per heavy atom. The summed E-state index contributed by atoms with van der Waals surface area (Å²) < 4.78 is 24.2. The lowest BCUT2D eigenvalue weighted by Crippen LogP contribution is -2.05. The van der Waals surface area contributed by atoms with Crippen LogP contribution in [0, 0.1) is 0 Å². The van der Waals surface area contributed by atoms with Crippen LogP contribution in [-0.2, 0) is 15.8 Å². The minimum absolute atomic E-state index is 0.190. The zero-order chi connectivity index (χ0) is 10.6. The maximum atomic E-state index is 11.2. The van der Waals surface area contributed by atoms with Gasteiger partial charge in [-0.25, -0.2) is 9.00 Å². The first-order valence-electron chi connectivity index (χ1n) is 4.03. The first kappa shape index (κ1) is 10.9. The van der Waals surface area contributed by atoms with E-state index < -0.39 is 17.0 Å². The van der Waals surface area contributed by atoms with Crippen molar-refractivity contribution in [1.82, 2.24) is 0 Å². The summed E-state index contributed by atoms with van der Waals surface area (Å²) in [5, 5.41) is 0. The summed E-state index contributed by atoms with van der Waals surface area (Å²) >= 11 is -2.07. The van der Waals surface area contributed by atoms with E-state index in [4.69, 9.17) is 9.29 Å². The maximum absolute atomic E-state index is 11.2. The van der Waals surface area contributed by atoms with Crippen LogP contribution in [-0.4, -0.2) is 21.3 Å². The van der Waals surface area contributed by atoms with E-state index in [9.17, 15) is 9.00 Å². The van der Waals surface area contributed by atoms with Crippen LogP contribution in [0.1, 0.15) is 17.3 Å². The molecular weight excluding hydrogens is 204 g/mol. The van der Waals surface area contributed by atoms with Crippen molar-refractivity contribution in [3.63, 3.8) is 0 Å². The first-order chi connectivity index (χ1) is 6.65. The van der Waals surface area contributed by atoms with Crippen molar-refractivity contribution >= 4 is 17.0 Å². The molecule has 0 radical (unpaired) electrons. The van der Waals surface area contributed by atoms with Gasteiger partial charge in [0.2, 0.25) is 0 Å². The molecule has 1 N–H and O–H groups in total. The molecule has 0 spiro atoms. The second-order valence-corrected chi connectivity index (χ2v) is 3.47. The van der Waals surface area contributed by atoms with Crippen molar-refractivity contribution < 1.29 is 18.3 Å². The van der Waals surface area contributed by atoms with E-state index in [0.717, 1.165) is 0 Å². The highest BCUT2D eigenvalue weighted by atomic mass is 32.2. The normalized spacial score (nSPS) is 12.1. The fourth-order valence-corrected chi connectivity index (χ4v) is 1.37. The molecule has 0 saturated heterocycles. The number of carbonyl (C=O) groups excluding carboxylic acids is 1. The number of esters is 1. The SMILES string of the molecule is CCOC(=O)c1cccc(S(=O)O)c1. The van der Waals surface area contributed by atoms with Gasteiger partial charge in [0.25, 0.3) is 0 Å². The molecule has 0 heterocycles. The van der Waals surface area contributed by atoms with Crippen LogP contribution in [0.15, 0.2) is 29.2 Å². The second kappa shape index (κ2) is 4.88. The molecule has 0 fully saturated rings. The predicted octanol–water partition coefficient (Wildman–Crippen LogP) is 1.44. The van der Waals surface area contributed by atoms with Crippen molar-refractivity contribution in [2.24, 2.45) is 0 Å². The van der Waals surface area contributed by atoms with E-state index in [0.29, 0.717) is 0 Å². The summed E-state index contributed by atoms with van der Waals surface area (Å²) in [5.74, 6) is -0.486. The van der Waals surface area contributed by atoms with Crippen molar-refractivity contribution in [2.45, 2.75) is 11.8 Å². The van der Waals surface area contributed by atoms with E-state index >= 15 is 0 Å². The van der Waals surface area contributed by atoms with E-state index in [-0.39, 0.29) is 17.1 Å². The van der Waals surface area contributed by atoms with Crippen LogP contribution in [0.5, 0.6) is 0 Å². The third-order valence-corrected chi connectivity index (χ3v) is 2.20. The highest BCUT2D eigenvalue weighted by Crippen LogP contribution is 2.09. The lowest BCUT2D eigenvalue weighted by molar-refractivity contribution is 0.0526. The van der Waals surface area contributed by atoms with E-state index in [1.807, 2.05) is 0 Å². The van der Waals surface area contributed by atoms with Crippen LogP contribution in [0.4, 0.5) is 0 Å². The molecule has 1 aromatic carbocycles. The zero-order valence-electron chi connectivity index (χ0n) is 7.60. The smallest absolute Gasteiger partial charge is 0.338 e. The number of benzene rings is 1. The molecule has 0 aliphatic carbocycles. The molecule has 4 nitrogen and oxygen atoms in total. The summed E-state index contributed by atoms with van der Waals surface area (Å²) in [7, 11) is 0. The fourth-order valence-electron chi connectivity index (χ4n) is 0.946. The third-order valence-electron chi connectivity index (χ3n) is 1.55. The highest BCUT2D eigenvalue weighted by Gasteiger charge is 2.08. The molecule has 0 aromatic heterocycles. The molecule has 1 rings (SSSR count). The summed E-state index contributed by atoms with van der Waals surface area (Å²) in [6.07, 6.45) is 0. The molecule has 14 heavy (non-hydrogen) atoms. The van der Waals surface area contributed by atoms with E-state index in [1.165, 1.54) is 24.3 Å². The Kier molecular flexibility index (Phi) is 3.79. The van der Waals surface area contributed by atoms with E-state index in [2.05, 4.69) is 0 Å². The third kappa shape index (κ3) is 2.65. The Balaban J connectivity index is 2.93. The molecule has 76 valence electrons. The van der Waals surface area contributed by atoms with Gasteiger partial charge < -0.3 is 9.29 Å². The summed E-state index contributed by atoms with van der Waals surface area (Å²) in [6.45, 7) is 1.98. The zero-order valence-corrected chi connectivity index (χ0v) is 8.41. The molecule has 1 unspecified atom stereocenters. The molecule has 1 aromatic rings. The molecule has 0 saturated carbocycles. The van der Waals surface area contributed by atoms with E-state index in [1.54, 1.807) is 6.92 Å². The Bertz CT molecular complexity index is 362. The standard InChI is InChI=1S/C9H10O4S/c1-2-13-9(10)7-4-3-5-8(6-7)14(11)12/h3-6H,2H2,1H3,(H,11,12). The highest BCUT2D eigenvalue weighted by molar-refractivity contribution is 7.79. The van der Waals surface area contributed by atoms with Crippen LogP contribution in [0.25, 0.3) is 0 Å². The van der Waals surface area contributed by atoms with Gasteiger partial charge in [0.15, 0.2) is 11.1 Å². The van der Waals surface area contributed by atoms with Crippen molar-refractivity contribution in [2.75, 3.05) is 6.61 Å². The van der Waals surface area contributed by atoms with Gasteiger partial charge in [-0.3, -0.25) is 0 Å². The monoisotopic (exact) mass is 214 g/mol. The van der Waals surface area contributed by atoms with Gasteiger partial charge in [0.1, 0.15) is 0 Å². The van der Waals surface area contributed by atoms with Gasteiger partial charge in [-0.2, -0.15) is 0 Å². The van der Waals surface area contributed by atoms with Crippen LogP contribution >= 0.6 is 0 Å². The average Bonchev–Trinajstić information content (AvgIpc) is 2.18. The number of ether oxygens (including phenoxy) is 1. The largest absolute Gasteiger partial charge is 0.462 e. The van der Waals surface area contributed by atoms with Crippen molar-refractivity contribution in [3.8, 4) is 0 Å². The maximum Gasteiger partial charge on any atom is 0.338 e. The minimum atomic E-state index is -2.07. The van der Waals surface area contributed by atoms with Gasteiger partial charge >= 0.3 is 5.97 Å². The summed E-state index contributed by atoms with van der Waals surface area (Å²) in [4.78, 5) is 11.4. The van der Waals surface area contributed by atoms with Gasteiger partial charge in [-0.1, -0.05) is 6.07 Å². The fraction of sp³-hybridized carbons (Fsp3) is 0.222. The molecular formula is C9H10O4S. The predicted molar refractivity (Wildman–Crippen MR) is 51.4 cm³/mol. The number of hydrogen-bond donors (Lipinski definition) is 1. The molecule has 5 heteroatoms. The quantitative estimate of drug-likeness (QED) is 0.611. The minimum Gasteiger partial charge on any atom is -0.462 e. The summed E-state index contributed by atoms with van der Waals surface area (Å²) in [6, 6.07) is 5.89. The van der Waals surface area contributed by atoms with Gasteiger partial charge in [0.05, 0.1) is 17.1 Å². The number of carbonyl (C=O) groups is 1. The second-order valence-electron chi connectivity index (χ2n) is 2.50. The molecule has 1 atom stereocenters. The molecule has 0 amide bonds. The molecule has 0 aliphatic rings. The lowest BCUT2D eigenvalue weighted by Gasteiger charge is -2.02. The number of rotatable bonds is 3. The van der Waals surface area contributed by atoms with Crippen molar-refractivity contribution in [3.05, 3.63) is 29.8 Å². The van der Waals surface area contributed by atoms with Crippen molar-refractivity contribution in [1.29, 1.82) is 0 Å². The number of hydrogen-bond acceptors (Lipinski definition) is 3. The van der Waals surface area contributed by atoms with Gasteiger partial charge in [-0.05, 0) is 25.1 Å². The average molecular weight is 214 g/mol. The van der Waals surface area contributed by atoms with Crippen LogP contribution in [0.2, 0.25) is 0 Å². The Hall–Kier alpha value is -1.20. The Morgan fingerprint density at radius 2 is 2.29 bits per heavy atom. The molecule has 0 bridgehead atoms.